The molecule has 5 rings (SSSR count). The maximum atomic E-state index is 4.63. The molecule has 2 heterocycles. The van der Waals surface area contributed by atoms with Gasteiger partial charge in [-0.3, -0.25) is 5.43 Å². The van der Waals surface area contributed by atoms with Crippen LogP contribution in [-0.2, 0) is 7.05 Å². The van der Waals surface area contributed by atoms with Gasteiger partial charge in [0.25, 0.3) is 0 Å². The van der Waals surface area contributed by atoms with Crippen LogP contribution in [0.25, 0.3) is 33.1 Å². The number of aryl methyl sites for hydroxylation is 2. The predicted molar refractivity (Wildman–Crippen MR) is 124 cm³/mol. The molecule has 0 atom stereocenters. The zero-order chi connectivity index (χ0) is 19.8. The van der Waals surface area contributed by atoms with Crippen molar-refractivity contribution in [2.45, 2.75) is 6.92 Å². The summed E-state index contributed by atoms with van der Waals surface area (Å²) in [6, 6.07) is 23.3. The van der Waals surface area contributed by atoms with Gasteiger partial charge in [0, 0.05) is 39.8 Å². The minimum Gasteiger partial charge on any atom is -0.344 e. The second kappa shape index (κ2) is 7.18. The van der Waals surface area contributed by atoms with E-state index < -0.39 is 0 Å². The first-order valence-corrected chi connectivity index (χ1v) is 10.4. The van der Waals surface area contributed by atoms with E-state index in [9.17, 15) is 0 Å². The Balaban J connectivity index is 1.37. The van der Waals surface area contributed by atoms with Crippen LogP contribution in [0.2, 0.25) is 0 Å². The van der Waals surface area contributed by atoms with Gasteiger partial charge in [-0.05, 0) is 30.7 Å². The Morgan fingerprint density at radius 1 is 0.966 bits per heavy atom. The second-order valence-electron chi connectivity index (χ2n) is 7.13. The molecule has 1 N–H and O–H groups in total. The van der Waals surface area contributed by atoms with E-state index in [4.69, 9.17) is 0 Å². The third-order valence-electron chi connectivity index (χ3n) is 5.16. The highest BCUT2D eigenvalue weighted by atomic mass is 32.1. The Hall–Kier alpha value is -3.44. The van der Waals surface area contributed by atoms with E-state index >= 15 is 0 Å². The van der Waals surface area contributed by atoms with E-state index in [0.717, 1.165) is 22.0 Å². The highest BCUT2D eigenvalue weighted by Crippen LogP contribution is 2.28. The molecule has 5 aromatic rings. The number of fused-ring (bicyclic) bond motifs is 3. The summed E-state index contributed by atoms with van der Waals surface area (Å²) in [5, 5.41) is 9.72. The lowest BCUT2D eigenvalue weighted by Crippen LogP contribution is -1.91. The number of nitrogens with zero attached hydrogens (tertiary/aromatic N) is 3. The first kappa shape index (κ1) is 17.6. The van der Waals surface area contributed by atoms with Gasteiger partial charge in [0.1, 0.15) is 0 Å². The standard InChI is InChI=1S/C24H20N4S/c1-16-7-10-18(11-8-16)21-15-29-24(26-21)27-25-14-17-9-12-23-20(13-17)19-5-3-4-6-22(19)28(23)2/h3-15H,1-2H3,(H,26,27)/b25-14+. The molecular weight excluding hydrogens is 376 g/mol. The van der Waals surface area contributed by atoms with E-state index in [1.165, 1.54) is 27.4 Å². The summed E-state index contributed by atoms with van der Waals surface area (Å²) >= 11 is 1.55. The average molecular weight is 397 g/mol. The molecule has 0 aliphatic rings. The topological polar surface area (TPSA) is 42.2 Å². The van der Waals surface area contributed by atoms with Crippen LogP contribution in [0, 0.1) is 6.92 Å². The van der Waals surface area contributed by atoms with E-state index in [0.29, 0.717) is 0 Å². The third kappa shape index (κ3) is 3.30. The van der Waals surface area contributed by atoms with Crippen molar-refractivity contribution in [1.82, 2.24) is 9.55 Å². The Labute approximate surface area is 173 Å². The molecule has 0 bridgehead atoms. The smallest absolute Gasteiger partial charge is 0.203 e. The van der Waals surface area contributed by atoms with Gasteiger partial charge in [0.15, 0.2) is 0 Å². The number of aromatic nitrogens is 2. The molecule has 3 aromatic carbocycles. The van der Waals surface area contributed by atoms with Crippen LogP contribution in [0.4, 0.5) is 5.13 Å². The lowest BCUT2D eigenvalue weighted by molar-refractivity contribution is 1.01. The molecule has 0 saturated heterocycles. The summed E-state index contributed by atoms with van der Waals surface area (Å²) < 4.78 is 2.23. The number of benzene rings is 3. The molecular formula is C24H20N4S. The van der Waals surface area contributed by atoms with Crippen LogP contribution in [0.5, 0.6) is 0 Å². The molecule has 0 aliphatic heterocycles. The fourth-order valence-corrected chi connectivity index (χ4v) is 4.28. The van der Waals surface area contributed by atoms with E-state index in [1.807, 2.05) is 11.6 Å². The second-order valence-corrected chi connectivity index (χ2v) is 7.98. The fourth-order valence-electron chi connectivity index (χ4n) is 3.61. The highest BCUT2D eigenvalue weighted by molar-refractivity contribution is 7.14. The SMILES string of the molecule is Cc1ccc(-c2csc(N/N=C/c3ccc4c(c3)c3ccccc3n4C)n2)cc1. The largest absolute Gasteiger partial charge is 0.344 e. The molecule has 0 saturated carbocycles. The molecule has 5 heteroatoms. The highest BCUT2D eigenvalue weighted by Gasteiger charge is 2.07. The van der Waals surface area contributed by atoms with Gasteiger partial charge >= 0.3 is 0 Å². The summed E-state index contributed by atoms with van der Waals surface area (Å²) in [4.78, 5) is 4.63. The van der Waals surface area contributed by atoms with Crippen LogP contribution in [0.15, 0.2) is 77.2 Å². The summed E-state index contributed by atoms with van der Waals surface area (Å²) in [6.07, 6.45) is 1.84. The first-order chi connectivity index (χ1) is 14.2. The van der Waals surface area contributed by atoms with Gasteiger partial charge in [-0.2, -0.15) is 5.10 Å². The number of para-hydroxylation sites is 1. The van der Waals surface area contributed by atoms with Crippen molar-refractivity contribution in [3.63, 3.8) is 0 Å². The fraction of sp³-hybridized carbons (Fsp3) is 0.0833. The zero-order valence-electron chi connectivity index (χ0n) is 16.3. The maximum absolute atomic E-state index is 4.63. The summed E-state index contributed by atoms with van der Waals surface area (Å²) in [5.74, 6) is 0. The van der Waals surface area contributed by atoms with Crippen LogP contribution in [0.1, 0.15) is 11.1 Å². The van der Waals surface area contributed by atoms with E-state index in [-0.39, 0.29) is 0 Å². The van der Waals surface area contributed by atoms with E-state index in [1.54, 1.807) is 11.3 Å². The predicted octanol–water partition coefficient (Wildman–Crippen LogP) is 6.21. The van der Waals surface area contributed by atoms with Gasteiger partial charge in [-0.15, -0.1) is 11.3 Å². The van der Waals surface area contributed by atoms with Crippen molar-refractivity contribution in [1.29, 1.82) is 0 Å². The monoisotopic (exact) mass is 396 g/mol. The van der Waals surface area contributed by atoms with Crippen molar-refractivity contribution < 1.29 is 0 Å². The number of thiazole rings is 1. The Kier molecular flexibility index (Phi) is 4.37. The first-order valence-electron chi connectivity index (χ1n) is 9.48. The van der Waals surface area contributed by atoms with Crippen LogP contribution < -0.4 is 5.43 Å². The van der Waals surface area contributed by atoms with Crippen molar-refractivity contribution in [2.75, 3.05) is 5.43 Å². The number of hydrogen-bond donors (Lipinski definition) is 1. The minimum atomic E-state index is 0.781. The summed E-state index contributed by atoms with van der Waals surface area (Å²) in [7, 11) is 2.11. The molecule has 4 nitrogen and oxygen atoms in total. The van der Waals surface area contributed by atoms with Crippen LogP contribution >= 0.6 is 11.3 Å². The number of anilines is 1. The Morgan fingerprint density at radius 2 is 1.76 bits per heavy atom. The molecule has 0 unspecified atom stereocenters. The number of rotatable bonds is 4. The van der Waals surface area contributed by atoms with Crippen molar-refractivity contribution in [3.05, 3.63) is 83.2 Å². The maximum Gasteiger partial charge on any atom is 0.203 e. The van der Waals surface area contributed by atoms with Gasteiger partial charge in [0.05, 0.1) is 11.9 Å². The van der Waals surface area contributed by atoms with Crippen LogP contribution in [-0.4, -0.2) is 15.8 Å². The van der Waals surface area contributed by atoms with Crippen LogP contribution in [0.3, 0.4) is 0 Å². The quantitative estimate of drug-likeness (QED) is 0.290. The number of nitrogens with one attached hydrogen (secondary N) is 1. The average Bonchev–Trinajstić information content (AvgIpc) is 3.33. The Bertz CT molecular complexity index is 1340. The van der Waals surface area contributed by atoms with Crippen molar-refractivity contribution >= 4 is 44.5 Å². The van der Waals surface area contributed by atoms with Crippen molar-refractivity contribution in [3.8, 4) is 11.3 Å². The van der Waals surface area contributed by atoms with Gasteiger partial charge in [-0.25, -0.2) is 4.98 Å². The van der Waals surface area contributed by atoms with Gasteiger partial charge in [0.2, 0.25) is 5.13 Å². The number of hydrogen-bond acceptors (Lipinski definition) is 4. The number of hydrazone groups is 1. The summed E-state index contributed by atoms with van der Waals surface area (Å²) in [6.45, 7) is 2.09. The van der Waals surface area contributed by atoms with Gasteiger partial charge < -0.3 is 4.57 Å². The van der Waals surface area contributed by atoms with Gasteiger partial charge in [-0.1, -0.05) is 54.1 Å². The normalized spacial score (nSPS) is 11.7. The minimum absolute atomic E-state index is 0.781. The van der Waals surface area contributed by atoms with Crippen molar-refractivity contribution in [2.24, 2.45) is 12.1 Å². The molecule has 0 fully saturated rings. The third-order valence-corrected chi connectivity index (χ3v) is 5.91. The molecule has 0 aliphatic carbocycles. The summed E-state index contributed by atoms with van der Waals surface area (Å²) in [5.41, 5.74) is 9.89. The molecule has 0 amide bonds. The molecule has 142 valence electrons. The molecule has 2 aromatic heterocycles. The Morgan fingerprint density at radius 3 is 2.62 bits per heavy atom. The molecule has 29 heavy (non-hydrogen) atoms. The zero-order valence-corrected chi connectivity index (χ0v) is 17.1. The molecule has 0 radical (unpaired) electrons. The lowest BCUT2D eigenvalue weighted by atomic mass is 10.1. The molecule has 0 spiro atoms. The lowest BCUT2D eigenvalue weighted by Gasteiger charge is -1.99. The van der Waals surface area contributed by atoms with E-state index in [2.05, 4.69) is 101 Å².